The summed E-state index contributed by atoms with van der Waals surface area (Å²) in [4.78, 5) is 7.85. The zero-order valence-corrected chi connectivity index (χ0v) is 7.60. The van der Waals surface area contributed by atoms with Crippen LogP contribution in [0.15, 0.2) is 12.4 Å². The Morgan fingerprint density at radius 1 is 1.50 bits per heavy atom. The summed E-state index contributed by atoms with van der Waals surface area (Å²) in [6, 6.07) is 1.91. The molecule has 1 atom stereocenters. The molecule has 1 aliphatic rings. The fourth-order valence-electron chi connectivity index (χ4n) is 1.33. The van der Waals surface area contributed by atoms with Gasteiger partial charge in [0.1, 0.15) is 12.2 Å². The average molecular weight is 190 g/mol. The Morgan fingerprint density at radius 2 is 2.43 bits per heavy atom. The molecule has 5 heteroatoms. The Bertz CT molecular complexity index is 337. The maximum absolute atomic E-state index is 8.51. The Morgan fingerprint density at radius 3 is 3.00 bits per heavy atom. The first-order chi connectivity index (χ1) is 6.88. The van der Waals surface area contributed by atoms with Crippen molar-refractivity contribution in [2.24, 2.45) is 0 Å². The van der Waals surface area contributed by atoms with Gasteiger partial charge in [-0.05, 0) is 13.0 Å². The molecule has 2 heterocycles. The maximum atomic E-state index is 8.51. The molecule has 0 bridgehead atoms. The van der Waals surface area contributed by atoms with Crippen molar-refractivity contribution >= 4 is 0 Å². The summed E-state index contributed by atoms with van der Waals surface area (Å²) in [5.74, 6) is 0.484. The summed E-state index contributed by atoms with van der Waals surface area (Å²) in [5, 5.41) is 11.7. The molecule has 1 fully saturated rings. The summed E-state index contributed by atoms with van der Waals surface area (Å²) >= 11 is 0. The number of hydrogen-bond donors (Lipinski definition) is 1. The van der Waals surface area contributed by atoms with Crippen molar-refractivity contribution < 1.29 is 4.74 Å². The number of ether oxygens (including phenoxy) is 1. The lowest BCUT2D eigenvalue weighted by Crippen LogP contribution is -2.20. The van der Waals surface area contributed by atoms with E-state index in [2.05, 4.69) is 15.3 Å². The quantitative estimate of drug-likeness (QED) is 0.715. The third-order valence-corrected chi connectivity index (χ3v) is 2.05. The van der Waals surface area contributed by atoms with Crippen molar-refractivity contribution in [1.82, 2.24) is 15.3 Å². The van der Waals surface area contributed by atoms with Crippen LogP contribution in [-0.4, -0.2) is 29.2 Å². The fraction of sp³-hybridized carbons (Fsp3) is 0.444. The third kappa shape index (κ3) is 1.98. The highest BCUT2D eigenvalue weighted by Crippen LogP contribution is 2.10. The molecule has 1 aromatic heterocycles. The molecule has 2 rings (SSSR count). The van der Waals surface area contributed by atoms with Crippen LogP contribution in [0.3, 0.4) is 0 Å². The minimum Gasteiger partial charge on any atom is -0.472 e. The van der Waals surface area contributed by atoms with Crippen LogP contribution in [0, 0.1) is 11.3 Å². The molecular formula is C9H10N4O. The molecule has 0 spiro atoms. The van der Waals surface area contributed by atoms with Gasteiger partial charge < -0.3 is 10.1 Å². The minimum absolute atomic E-state index is 0.178. The number of hydrogen-bond acceptors (Lipinski definition) is 5. The Kier molecular flexibility index (Phi) is 2.56. The fourth-order valence-corrected chi connectivity index (χ4v) is 1.33. The van der Waals surface area contributed by atoms with Crippen molar-refractivity contribution in [3.63, 3.8) is 0 Å². The Labute approximate surface area is 81.7 Å². The average Bonchev–Trinajstić information content (AvgIpc) is 2.72. The monoisotopic (exact) mass is 190 g/mol. The lowest BCUT2D eigenvalue weighted by molar-refractivity contribution is 0.213. The molecule has 1 saturated heterocycles. The number of nitriles is 1. The lowest BCUT2D eigenvalue weighted by Gasteiger charge is -2.10. The van der Waals surface area contributed by atoms with Gasteiger partial charge in [-0.25, -0.2) is 9.97 Å². The number of aromatic nitrogens is 2. The molecule has 72 valence electrons. The Balaban J connectivity index is 1.99. The van der Waals surface area contributed by atoms with Gasteiger partial charge >= 0.3 is 0 Å². The van der Waals surface area contributed by atoms with E-state index in [9.17, 15) is 0 Å². The van der Waals surface area contributed by atoms with Crippen molar-refractivity contribution in [3.8, 4) is 11.9 Å². The molecular weight excluding hydrogens is 180 g/mol. The van der Waals surface area contributed by atoms with E-state index in [-0.39, 0.29) is 6.10 Å². The maximum Gasteiger partial charge on any atom is 0.232 e. The van der Waals surface area contributed by atoms with Crippen LogP contribution in [0.5, 0.6) is 5.88 Å². The second kappa shape index (κ2) is 4.03. The summed E-state index contributed by atoms with van der Waals surface area (Å²) in [6.45, 7) is 1.83. The van der Waals surface area contributed by atoms with Crippen molar-refractivity contribution in [2.75, 3.05) is 13.1 Å². The second-order valence-corrected chi connectivity index (χ2v) is 3.08. The highest BCUT2D eigenvalue weighted by molar-refractivity contribution is 5.18. The summed E-state index contributed by atoms with van der Waals surface area (Å²) in [5.41, 5.74) is 0.307. The molecule has 1 unspecified atom stereocenters. The zero-order chi connectivity index (χ0) is 9.80. The largest absolute Gasteiger partial charge is 0.472 e. The molecule has 14 heavy (non-hydrogen) atoms. The molecule has 0 saturated carbocycles. The summed E-state index contributed by atoms with van der Waals surface area (Å²) in [7, 11) is 0. The van der Waals surface area contributed by atoms with Gasteiger partial charge in [-0.15, -0.1) is 0 Å². The van der Waals surface area contributed by atoms with Crippen LogP contribution in [0.4, 0.5) is 0 Å². The SMILES string of the molecule is N#Cc1cnc(OC2CCNC2)cn1. The van der Waals surface area contributed by atoms with Crippen molar-refractivity contribution in [2.45, 2.75) is 12.5 Å². The molecule has 1 aromatic rings. The standard InChI is InChI=1S/C9H10N4O/c10-3-7-4-13-9(6-12-7)14-8-1-2-11-5-8/h4,6,8,11H,1-2,5H2. The van der Waals surface area contributed by atoms with Crippen molar-refractivity contribution in [3.05, 3.63) is 18.1 Å². The molecule has 0 amide bonds. The van der Waals surface area contributed by atoms with E-state index in [4.69, 9.17) is 10.00 Å². The van der Waals surface area contributed by atoms with E-state index >= 15 is 0 Å². The molecule has 1 aliphatic heterocycles. The van der Waals surface area contributed by atoms with Gasteiger partial charge in [0.15, 0.2) is 5.69 Å². The van der Waals surface area contributed by atoms with Gasteiger partial charge in [0.2, 0.25) is 5.88 Å². The van der Waals surface area contributed by atoms with Crippen LogP contribution < -0.4 is 10.1 Å². The van der Waals surface area contributed by atoms with Crippen molar-refractivity contribution in [1.29, 1.82) is 5.26 Å². The van der Waals surface area contributed by atoms with Crippen LogP contribution >= 0.6 is 0 Å². The topological polar surface area (TPSA) is 70.8 Å². The number of rotatable bonds is 2. The second-order valence-electron chi connectivity index (χ2n) is 3.08. The smallest absolute Gasteiger partial charge is 0.232 e. The predicted octanol–water partition coefficient (Wildman–Crippen LogP) is 0.0890. The molecule has 0 radical (unpaired) electrons. The van der Waals surface area contributed by atoms with Crippen LogP contribution in [0.2, 0.25) is 0 Å². The first-order valence-corrected chi connectivity index (χ1v) is 4.48. The van der Waals surface area contributed by atoms with Gasteiger partial charge in [-0.1, -0.05) is 0 Å². The van der Waals surface area contributed by atoms with E-state index in [1.54, 1.807) is 0 Å². The minimum atomic E-state index is 0.178. The van der Waals surface area contributed by atoms with Crippen LogP contribution in [-0.2, 0) is 0 Å². The van der Waals surface area contributed by atoms with E-state index in [0.29, 0.717) is 11.6 Å². The van der Waals surface area contributed by atoms with Gasteiger partial charge in [-0.2, -0.15) is 5.26 Å². The highest BCUT2D eigenvalue weighted by Gasteiger charge is 2.16. The van der Waals surface area contributed by atoms with E-state index in [1.165, 1.54) is 12.4 Å². The number of nitrogens with zero attached hydrogens (tertiary/aromatic N) is 3. The normalized spacial score (nSPS) is 20.4. The first-order valence-electron chi connectivity index (χ1n) is 4.48. The van der Waals surface area contributed by atoms with E-state index in [1.807, 2.05) is 6.07 Å². The lowest BCUT2D eigenvalue weighted by atomic mass is 10.3. The van der Waals surface area contributed by atoms with Gasteiger partial charge in [0.25, 0.3) is 0 Å². The Hall–Kier alpha value is -1.67. The predicted molar refractivity (Wildman–Crippen MR) is 48.6 cm³/mol. The van der Waals surface area contributed by atoms with Gasteiger partial charge in [-0.3, -0.25) is 0 Å². The van der Waals surface area contributed by atoms with Gasteiger partial charge in [0.05, 0.1) is 12.4 Å². The molecule has 5 nitrogen and oxygen atoms in total. The molecule has 1 N–H and O–H groups in total. The van der Waals surface area contributed by atoms with E-state index in [0.717, 1.165) is 19.5 Å². The molecule has 0 aliphatic carbocycles. The van der Waals surface area contributed by atoms with Crippen LogP contribution in [0.1, 0.15) is 12.1 Å². The first kappa shape index (κ1) is 8.91. The van der Waals surface area contributed by atoms with Gasteiger partial charge in [0, 0.05) is 6.54 Å². The van der Waals surface area contributed by atoms with E-state index < -0.39 is 0 Å². The highest BCUT2D eigenvalue weighted by atomic mass is 16.5. The zero-order valence-electron chi connectivity index (χ0n) is 7.60. The number of nitrogens with one attached hydrogen (secondary N) is 1. The van der Waals surface area contributed by atoms with Crippen LogP contribution in [0.25, 0.3) is 0 Å². The molecule has 0 aromatic carbocycles. The summed E-state index contributed by atoms with van der Waals surface area (Å²) in [6.07, 6.45) is 4.06. The summed E-state index contributed by atoms with van der Waals surface area (Å²) < 4.78 is 5.53. The third-order valence-electron chi connectivity index (χ3n) is 2.05.